The highest BCUT2D eigenvalue weighted by Gasteiger charge is 2.23. The van der Waals surface area contributed by atoms with Crippen LogP contribution in [0.25, 0.3) is 0 Å². The van der Waals surface area contributed by atoms with Crippen molar-refractivity contribution in [3.05, 3.63) is 45.8 Å². The van der Waals surface area contributed by atoms with E-state index in [-0.39, 0.29) is 0 Å². The first-order valence-electron chi connectivity index (χ1n) is 5.27. The van der Waals surface area contributed by atoms with Crippen LogP contribution in [0.2, 0.25) is 5.02 Å². The molecule has 1 aromatic heterocycles. The van der Waals surface area contributed by atoms with Crippen molar-refractivity contribution in [3.63, 3.8) is 0 Å². The highest BCUT2D eigenvalue weighted by atomic mass is 79.9. The number of halogens is 2. The second-order valence-corrected chi connectivity index (χ2v) is 5.19. The van der Waals surface area contributed by atoms with Crippen molar-refractivity contribution < 1.29 is 0 Å². The van der Waals surface area contributed by atoms with Gasteiger partial charge in [0.2, 0.25) is 0 Å². The molecule has 0 saturated carbocycles. The molecule has 0 amide bonds. The largest absolute Gasteiger partial charge is 0.324 e. The SMILES string of the molecule is Clc1cncnc1N1CCc2cc(Br)ccc21. The number of fused-ring (bicyclic) bond motifs is 1. The molecule has 0 aliphatic carbocycles. The summed E-state index contributed by atoms with van der Waals surface area (Å²) in [6.07, 6.45) is 4.16. The van der Waals surface area contributed by atoms with E-state index in [1.165, 1.54) is 17.6 Å². The number of rotatable bonds is 1. The molecule has 0 saturated heterocycles. The van der Waals surface area contributed by atoms with Crippen LogP contribution in [-0.4, -0.2) is 16.5 Å². The van der Waals surface area contributed by atoms with E-state index in [0.29, 0.717) is 5.02 Å². The standard InChI is InChI=1S/C12H9BrClN3/c13-9-1-2-11-8(5-9)3-4-17(11)12-10(14)6-15-7-16-12/h1-2,5-7H,3-4H2. The summed E-state index contributed by atoms with van der Waals surface area (Å²) in [6, 6.07) is 6.27. The Labute approximate surface area is 113 Å². The second-order valence-electron chi connectivity index (χ2n) is 3.87. The fourth-order valence-corrected chi connectivity index (χ4v) is 2.71. The molecule has 0 unspecified atom stereocenters. The van der Waals surface area contributed by atoms with Gasteiger partial charge in [-0.25, -0.2) is 9.97 Å². The minimum absolute atomic E-state index is 0.586. The predicted octanol–water partition coefficient (Wildman–Crippen LogP) is 3.59. The van der Waals surface area contributed by atoms with Crippen molar-refractivity contribution in [2.24, 2.45) is 0 Å². The van der Waals surface area contributed by atoms with Gasteiger partial charge in [-0.2, -0.15) is 0 Å². The quantitative estimate of drug-likeness (QED) is 0.806. The van der Waals surface area contributed by atoms with Gasteiger partial charge in [-0.15, -0.1) is 0 Å². The molecule has 0 radical (unpaired) electrons. The summed E-state index contributed by atoms with van der Waals surface area (Å²) >= 11 is 9.61. The summed E-state index contributed by atoms with van der Waals surface area (Å²) < 4.78 is 1.10. The summed E-state index contributed by atoms with van der Waals surface area (Å²) in [5.41, 5.74) is 2.49. The van der Waals surface area contributed by atoms with Crippen molar-refractivity contribution in [2.75, 3.05) is 11.4 Å². The molecule has 1 aromatic carbocycles. The van der Waals surface area contributed by atoms with Crippen molar-refractivity contribution in [3.8, 4) is 0 Å². The van der Waals surface area contributed by atoms with Crippen molar-refractivity contribution in [1.82, 2.24) is 9.97 Å². The highest BCUT2D eigenvalue weighted by Crippen LogP contribution is 2.37. The average molecular weight is 311 g/mol. The summed E-state index contributed by atoms with van der Waals surface area (Å²) in [7, 11) is 0. The van der Waals surface area contributed by atoms with Gasteiger partial charge < -0.3 is 4.90 Å². The van der Waals surface area contributed by atoms with Crippen LogP contribution >= 0.6 is 27.5 Å². The van der Waals surface area contributed by atoms with Gasteiger partial charge in [0.15, 0.2) is 5.82 Å². The van der Waals surface area contributed by atoms with E-state index in [2.05, 4.69) is 42.9 Å². The van der Waals surface area contributed by atoms with Gasteiger partial charge in [0, 0.05) is 16.7 Å². The molecule has 0 N–H and O–H groups in total. The number of aromatic nitrogens is 2. The minimum Gasteiger partial charge on any atom is -0.324 e. The third-order valence-electron chi connectivity index (χ3n) is 2.84. The molecule has 2 heterocycles. The maximum atomic E-state index is 6.13. The number of hydrogen-bond donors (Lipinski definition) is 0. The van der Waals surface area contributed by atoms with Crippen molar-refractivity contribution >= 4 is 39.0 Å². The molecule has 1 aliphatic rings. The van der Waals surface area contributed by atoms with Gasteiger partial charge in [0.05, 0.1) is 6.20 Å². The third-order valence-corrected chi connectivity index (χ3v) is 3.60. The van der Waals surface area contributed by atoms with Crippen molar-refractivity contribution in [2.45, 2.75) is 6.42 Å². The Kier molecular flexibility index (Phi) is 2.76. The predicted molar refractivity (Wildman–Crippen MR) is 71.9 cm³/mol. The molecule has 0 spiro atoms. The molecule has 0 atom stereocenters. The van der Waals surface area contributed by atoms with E-state index in [4.69, 9.17) is 11.6 Å². The minimum atomic E-state index is 0.586. The zero-order valence-electron chi connectivity index (χ0n) is 8.90. The molecule has 2 aromatic rings. The molecule has 17 heavy (non-hydrogen) atoms. The van der Waals surface area contributed by atoms with Crippen LogP contribution in [0.5, 0.6) is 0 Å². The Morgan fingerprint density at radius 2 is 2.24 bits per heavy atom. The van der Waals surface area contributed by atoms with Crippen molar-refractivity contribution in [1.29, 1.82) is 0 Å². The summed E-state index contributed by atoms with van der Waals surface area (Å²) in [4.78, 5) is 10.3. The lowest BCUT2D eigenvalue weighted by Gasteiger charge is -2.18. The highest BCUT2D eigenvalue weighted by molar-refractivity contribution is 9.10. The second kappa shape index (κ2) is 4.27. The Morgan fingerprint density at radius 1 is 1.35 bits per heavy atom. The number of anilines is 2. The van der Waals surface area contributed by atoms with Gasteiger partial charge >= 0.3 is 0 Å². The van der Waals surface area contributed by atoms with Crippen LogP contribution in [0.3, 0.4) is 0 Å². The molecular weight excluding hydrogens is 302 g/mol. The van der Waals surface area contributed by atoms with Crippen LogP contribution in [0, 0.1) is 0 Å². The molecule has 0 fully saturated rings. The molecule has 86 valence electrons. The van der Waals surface area contributed by atoms with Gasteiger partial charge in [0.1, 0.15) is 11.3 Å². The lowest BCUT2D eigenvalue weighted by molar-refractivity contribution is 0.964. The molecule has 1 aliphatic heterocycles. The number of benzene rings is 1. The van der Waals surface area contributed by atoms with Crippen LogP contribution in [-0.2, 0) is 6.42 Å². The Balaban J connectivity index is 2.07. The zero-order valence-corrected chi connectivity index (χ0v) is 11.2. The lowest BCUT2D eigenvalue weighted by atomic mass is 10.2. The Hall–Kier alpha value is -1.13. The molecule has 3 rings (SSSR count). The van der Waals surface area contributed by atoms with Crippen LogP contribution < -0.4 is 4.90 Å². The molecular formula is C12H9BrClN3. The summed E-state index contributed by atoms with van der Waals surface area (Å²) in [5, 5.41) is 0.586. The van der Waals surface area contributed by atoms with Gasteiger partial charge in [0.25, 0.3) is 0 Å². The van der Waals surface area contributed by atoms with E-state index in [1.807, 2.05) is 6.07 Å². The fourth-order valence-electron chi connectivity index (χ4n) is 2.10. The smallest absolute Gasteiger partial charge is 0.155 e. The average Bonchev–Trinajstić information content (AvgIpc) is 2.72. The van der Waals surface area contributed by atoms with Gasteiger partial charge in [-0.1, -0.05) is 27.5 Å². The molecule has 5 heteroatoms. The molecule has 0 bridgehead atoms. The summed E-state index contributed by atoms with van der Waals surface area (Å²) in [6.45, 7) is 0.905. The van der Waals surface area contributed by atoms with E-state index in [0.717, 1.165) is 23.3 Å². The monoisotopic (exact) mass is 309 g/mol. The lowest BCUT2D eigenvalue weighted by Crippen LogP contribution is -2.15. The normalized spacial score (nSPS) is 13.9. The first-order chi connectivity index (χ1) is 8.25. The van der Waals surface area contributed by atoms with Crippen LogP contribution in [0.1, 0.15) is 5.56 Å². The first kappa shape index (κ1) is 11.0. The van der Waals surface area contributed by atoms with Gasteiger partial charge in [-0.3, -0.25) is 0 Å². The number of hydrogen-bond acceptors (Lipinski definition) is 3. The Bertz CT molecular complexity index is 573. The topological polar surface area (TPSA) is 29.0 Å². The summed E-state index contributed by atoms with van der Waals surface area (Å²) in [5.74, 6) is 0.780. The van der Waals surface area contributed by atoms with E-state index in [1.54, 1.807) is 6.20 Å². The van der Waals surface area contributed by atoms with Gasteiger partial charge in [-0.05, 0) is 30.2 Å². The van der Waals surface area contributed by atoms with Crippen LogP contribution in [0.4, 0.5) is 11.5 Å². The molecule has 3 nitrogen and oxygen atoms in total. The number of nitrogens with zero attached hydrogens (tertiary/aromatic N) is 3. The maximum Gasteiger partial charge on any atom is 0.155 e. The van der Waals surface area contributed by atoms with E-state index >= 15 is 0 Å². The van der Waals surface area contributed by atoms with E-state index < -0.39 is 0 Å². The van der Waals surface area contributed by atoms with E-state index in [9.17, 15) is 0 Å². The Morgan fingerprint density at radius 3 is 3.06 bits per heavy atom. The maximum absolute atomic E-state index is 6.13. The first-order valence-corrected chi connectivity index (χ1v) is 6.44. The third kappa shape index (κ3) is 1.91. The fraction of sp³-hybridized carbons (Fsp3) is 0.167. The van der Waals surface area contributed by atoms with Crippen LogP contribution in [0.15, 0.2) is 35.2 Å². The zero-order chi connectivity index (χ0) is 11.8.